The second kappa shape index (κ2) is 7.85. The Balaban J connectivity index is 1.75. The summed E-state index contributed by atoms with van der Waals surface area (Å²) in [6.45, 7) is 20.8. The van der Waals surface area contributed by atoms with E-state index in [0.29, 0.717) is 17.3 Å². The van der Waals surface area contributed by atoms with E-state index in [1.807, 2.05) is 0 Å². The molecule has 4 aliphatic carbocycles. The number of hydrogen-bond acceptors (Lipinski definition) is 0. The smallest absolute Gasteiger partial charge is 0.0101 e. The van der Waals surface area contributed by atoms with Crippen LogP contribution in [0, 0.1) is 34.5 Å². The van der Waals surface area contributed by atoms with Crippen molar-refractivity contribution in [2.75, 3.05) is 0 Å². The maximum absolute atomic E-state index is 4.61. The monoisotopic (exact) mass is 402 g/mol. The van der Waals surface area contributed by atoms with Crippen LogP contribution in [0.4, 0.5) is 0 Å². The summed E-state index contributed by atoms with van der Waals surface area (Å²) in [5.41, 5.74) is 8.47. The molecule has 0 N–H and O–H groups in total. The van der Waals surface area contributed by atoms with E-state index in [0.717, 1.165) is 24.7 Å². The fraction of sp³-hybridized carbons (Fsp3) is 0.600. The van der Waals surface area contributed by atoms with Crippen molar-refractivity contribution in [3.63, 3.8) is 0 Å². The van der Waals surface area contributed by atoms with Crippen molar-refractivity contribution in [1.82, 2.24) is 0 Å². The maximum atomic E-state index is 4.61. The van der Waals surface area contributed by atoms with Gasteiger partial charge in [0.1, 0.15) is 0 Å². The molecule has 0 heteroatoms. The zero-order chi connectivity index (χ0) is 21.7. The quantitative estimate of drug-likeness (QED) is 0.325. The summed E-state index contributed by atoms with van der Waals surface area (Å²) in [6, 6.07) is 0. The third kappa shape index (κ3) is 3.17. The van der Waals surface area contributed by atoms with Gasteiger partial charge < -0.3 is 0 Å². The Kier molecular flexibility index (Phi) is 5.67. The topological polar surface area (TPSA) is 0 Å². The van der Waals surface area contributed by atoms with Crippen molar-refractivity contribution < 1.29 is 0 Å². The predicted octanol–water partition coefficient (Wildman–Crippen LogP) is 8.76. The minimum atomic E-state index is 0.288. The van der Waals surface area contributed by atoms with Crippen LogP contribution in [-0.4, -0.2) is 0 Å². The standard InChI is InChI=1S/C30H42/c1-8-10-11-22(5)25-19-27-24-13-12-23-18-20(3)14-16-29(23,6)26(24)15-17-30(27,7)28(25)21(4)9-2/h8,10-11,15,18,24-25,27-28H,3-4,9,12-14,16-17,19H2,1-2,5-7H3/b10-8-,22-11+/t24?,25-,27?,28+,29?,30+/m1/s1. The van der Waals surface area contributed by atoms with E-state index < -0.39 is 0 Å². The molecule has 0 aromatic rings. The molecule has 2 fully saturated rings. The van der Waals surface area contributed by atoms with Crippen LogP contribution < -0.4 is 0 Å². The lowest BCUT2D eigenvalue weighted by atomic mass is 9.50. The van der Waals surface area contributed by atoms with Gasteiger partial charge in [-0.05, 0) is 87.9 Å². The first-order valence-corrected chi connectivity index (χ1v) is 12.3. The summed E-state index contributed by atoms with van der Waals surface area (Å²) in [7, 11) is 0. The molecule has 6 atom stereocenters. The van der Waals surface area contributed by atoms with Crippen LogP contribution in [-0.2, 0) is 0 Å². The van der Waals surface area contributed by atoms with Gasteiger partial charge in [0.2, 0.25) is 0 Å². The zero-order valence-corrected chi connectivity index (χ0v) is 20.1. The van der Waals surface area contributed by atoms with E-state index in [1.54, 1.807) is 16.7 Å². The molecule has 162 valence electrons. The summed E-state index contributed by atoms with van der Waals surface area (Å²) in [6.07, 6.45) is 20.6. The van der Waals surface area contributed by atoms with Crippen molar-refractivity contribution in [3.8, 4) is 0 Å². The van der Waals surface area contributed by atoms with E-state index >= 15 is 0 Å². The molecule has 30 heavy (non-hydrogen) atoms. The predicted molar refractivity (Wildman–Crippen MR) is 131 cm³/mol. The average Bonchev–Trinajstić information content (AvgIpc) is 3.05. The zero-order valence-electron chi connectivity index (χ0n) is 20.1. The third-order valence-corrected chi connectivity index (χ3v) is 9.54. The first-order chi connectivity index (χ1) is 14.3. The third-order valence-electron chi connectivity index (χ3n) is 9.54. The first kappa shape index (κ1) is 21.7. The van der Waals surface area contributed by atoms with E-state index in [2.05, 4.69) is 78.2 Å². The molecule has 0 spiro atoms. The van der Waals surface area contributed by atoms with Crippen molar-refractivity contribution >= 4 is 0 Å². The molecule has 0 aliphatic heterocycles. The molecule has 3 unspecified atom stereocenters. The van der Waals surface area contributed by atoms with Gasteiger partial charge in [0, 0.05) is 5.41 Å². The van der Waals surface area contributed by atoms with Gasteiger partial charge in [0.15, 0.2) is 0 Å². The van der Waals surface area contributed by atoms with Gasteiger partial charge in [0.25, 0.3) is 0 Å². The highest BCUT2D eigenvalue weighted by Gasteiger charge is 2.59. The van der Waals surface area contributed by atoms with Crippen LogP contribution in [0.3, 0.4) is 0 Å². The van der Waals surface area contributed by atoms with Crippen LogP contribution in [0.2, 0.25) is 0 Å². The Labute approximate surface area is 185 Å². The van der Waals surface area contributed by atoms with Crippen LogP contribution >= 0.6 is 0 Å². The number of fused-ring (bicyclic) bond motifs is 5. The molecule has 0 bridgehead atoms. The van der Waals surface area contributed by atoms with Gasteiger partial charge in [-0.25, -0.2) is 0 Å². The molecular weight excluding hydrogens is 360 g/mol. The first-order valence-electron chi connectivity index (χ1n) is 12.3. The fourth-order valence-corrected chi connectivity index (χ4v) is 7.79. The Bertz CT molecular complexity index is 858. The fourth-order valence-electron chi connectivity index (χ4n) is 7.79. The summed E-state index contributed by atoms with van der Waals surface area (Å²) >= 11 is 0. The molecule has 0 saturated heterocycles. The molecule has 0 nitrogen and oxygen atoms in total. The highest BCUT2D eigenvalue weighted by atomic mass is 14.6. The minimum absolute atomic E-state index is 0.288. The van der Waals surface area contributed by atoms with Crippen molar-refractivity contribution in [2.45, 2.75) is 79.6 Å². The van der Waals surface area contributed by atoms with Gasteiger partial charge in [-0.1, -0.05) is 92.2 Å². The molecule has 0 heterocycles. The second-order valence-electron chi connectivity index (χ2n) is 11.0. The molecule has 2 saturated carbocycles. The molecule has 0 aromatic heterocycles. The largest absolute Gasteiger partial charge is 0.0995 e. The molecule has 4 aliphatic rings. The Morgan fingerprint density at radius 1 is 1.27 bits per heavy atom. The highest BCUT2D eigenvalue weighted by molar-refractivity contribution is 5.43. The molecular formula is C30H42. The van der Waals surface area contributed by atoms with Crippen LogP contribution in [0.25, 0.3) is 0 Å². The minimum Gasteiger partial charge on any atom is -0.0995 e. The number of hydrogen-bond donors (Lipinski definition) is 0. The van der Waals surface area contributed by atoms with Crippen molar-refractivity contribution in [1.29, 1.82) is 0 Å². The van der Waals surface area contributed by atoms with Gasteiger partial charge >= 0.3 is 0 Å². The normalized spacial score (nSPS) is 41.1. The number of allylic oxidation sites excluding steroid dienone is 10. The van der Waals surface area contributed by atoms with Crippen LogP contribution in [0.1, 0.15) is 79.6 Å². The van der Waals surface area contributed by atoms with Gasteiger partial charge in [0.05, 0.1) is 0 Å². The SMILES string of the molecule is C=C1C=C2CCC3C(=CC[C@@]4(C)C3C[C@H](/C(C)=C/C=C\C)[C@@H]4C(=C)CC)C2(C)CC1. The Morgan fingerprint density at radius 2 is 2.03 bits per heavy atom. The lowest BCUT2D eigenvalue weighted by molar-refractivity contribution is 0.0946. The molecule has 0 amide bonds. The van der Waals surface area contributed by atoms with Gasteiger partial charge in [-0.3, -0.25) is 0 Å². The van der Waals surface area contributed by atoms with Gasteiger partial charge in [-0.15, -0.1) is 0 Å². The van der Waals surface area contributed by atoms with E-state index in [4.69, 9.17) is 0 Å². The highest BCUT2D eigenvalue weighted by Crippen LogP contribution is 2.67. The second-order valence-corrected chi connectivity index (χ2v) is 11.0. The molecule has 4 rings (SSSR count). The summed E-state index contributed by atoms with van der Waals surface area (Å²) in [5.74, 6) is 2.80. The summed E-state index contributed by atoms with van der Waals surface area (Å²) < 4.78 is 0. The van der Waals surface area contributed by atoms with Gasteiger partial charge in [-0.2, -0.15) is 0 Å². The van der Waals surface area contributed by atoms with Crippen LogP contribution in [0.15, 0.2) is 71.4 Å². The summed E-state index contributed by atoms with van der Waals surface area (Å²) in [5, 5.41) is 0. The number of rotatable bonds is 4. The summed E-state index contributed by atoms with van der Waals surface area (Å²) in [4.78, 5) is 0. The maximum Gasteiger partial charge on any atom is 0.0101 e. The van der Waals surface area contributed by atoms with E-state index in [1.165, 1.54) is 43.3 Å². The van der Waals surface area contributed by atoms with E-state index in [9.17, 15) is 0 Å². The Hall–Kier alpha value is -1.56. The average molecular weight is 403 g/mol. The Morgan fingerprint density at radius 3 is 2.73 bits per heavy atom. The van der Waals surface area contributed by atoms with Crippen LogP contribution in [0.5, 0.6) is 0 Å². The lowest BCUT2D eigenvalue weighted by Crippen LogP contribution is -2.44. The molecule has 0 radical (unpaired) electrons. The van der Waals surface area contributed by atoms with E-state index in [-0.39, 0.29) is 5.41 Å². The van der Waals surface area contributed by atoms with Crippen molar-refractivity contribution in [3.05, 3.63) is 71.4 Å². The molecule has 0 aromatic carbocycles. The van der Waals surface area contributed by atoms with Crippen molar-refractivity contribution in [2.24, 2.45) is 34.5 Å². The lowest BCUT2D eigenvalue weighted by Gasteiger charge is -2.54.